The second kappa shape index (κ2) is 7.31. The second-order valence-corrected chi connectivity index (χ2v) is 5.52. The van der Waals surface area contributed by atoms with Gasteiger partial charge in [0.2, 0.25) is 0 Å². The zero-order valence-corrected chi connectivity index (χ0v) is 12.8. The monoisotopic (exact) mass is 291 g/mol. The summed E-state index contributed by atoms with van der Waals surface area (Å²) in [5.41, 5.74) is 8.34. The van der Waals surface area contributed by atoms with Crippen LogP contribution in [0.5, 0.6) is 11.5 Å². The van der Waals surface area contributed by atoms with Gasteiger partial charge in [-0.1, -0.05) is 19.1 Å². The number of rotatable bonds is 7. The van der Waals surface area contributed by atoms with Crippen LogP contribution in [0.25, 0.3) is 0 Å². The molecule has 0 bridgehead atoms. The third kappa shape index (κ3) is 3.74. The van der Waals surface area contributed by atoms with E-state index in [2.05, 4.69) is 29.8 Å². The first-order valence-electron chi connectivity index (χ1n) is 6.80. The minimum atomic E-state index is 0.144. The first kappa shape index (κ1) is 14.9. The summed E-state index contributed by atoms with van der Waals surface area (Å²) >= 11 is 1.67. The minimum absolute atomic E-state index is 0.144. The molecule has 0 amide bonds. The lowest BCUT2D eigenvalue weighted by molar-refractivity contribution is 0.281. The van der Waals surface area contributed by atoms with Gasteiger partial charge in [0.15, 0.2) is 11.5 Å². The molecule has 0 saturated heterocycles. The Morgan fingerprint density at radius 1 is 1.30 bits per heavy atom. The Bertz CT molecular complexity index is 525. The van der Waals surface area contributed by atoms with Gasteiger partial charge in [0, 0.05) is 6.04 Å². The van der Waals surface area contributed by atoms with Crippen LogP contribution in [-0.4, -0.2) is 13.2 Å². The molecule has 2 rings (SSSR count). The second-order valence-electron chi connectivity index (χ2n) is 4.74. The van der Waals surface area contributed by atoms with Gasteiger partial charge in [0.05, 0.1) is 7.11 Å². The summed E-state index contributed by atoms with van der Waals surface area (Å²) in [5, 5.41) is 4.14. The van der Waals surface area contributed by atoms with E-state index in [4.69, 9.17) is 15.2 Å². The highest BCUT2D eigenvalue weighted by molar-refractivity contribution is 7.07. The number of para-hydroxylation sites is 1. The molecule has 0 saturated carbocycles. The molecule has 2 aromatic rings. The number of methoxy groups -OCH3 is 1. The lowest BCUT2D eigenvalue weighted by Gasteiger charge is -2.17. The Labute approximate surface area is 124 Å². The maximum Gasteiger partial charge on any atom is 0.164 e. The van der Waals surface area contributed by atoms with Crippen molar-refractivity contribution < 1.29 is 9.47 Å². The molecule has 1 aromatic heterocycles. The fourth-order valence-corrected chi connectivity index (χ4v) is 2.66. The lowest BCUT2D eigenvalue weighted by Crippen LogP contribution is -2.21. The highest BCUT2D eigenvalue weighted by Gasteiger charge is 2.13. The van der Waals surface area contributed by atoms with Crippen LogP contribution in [0, 0.1) is 0 Å². The van der Waals surface area contributed by atoms with E-state index in [-0.39, 0.29) is 6.04 Å². The van der Waals surface area contributed by atoms with Gasteiger partial charge in [0.1, 0.15) is 6.61 Å². The highest BCUT2D eigenvalue weighted by atomic mass is 32.1. The summed E-state index contributed by atoms with van der Waals surface area (Å²) < 4.78 is 11.4. The zero-order chi connectivity index (χ0) is 14.4. The first-order chi connectivity index (χ1) is 9.74. The Morgan fingerprint density at radius 3 is 2.80 bits per heavy atom. The van der Waals surface area contributed by atoms with Gasteiger partial charge in [-0.05, 0) is 46.9 Å². The van der Waals surface area contributed by atoms with Crippen LogP contribution in [-0.2, 0) is 13.0 Å². The van der Waals surface area contributed by atoms with E-state index in [0.29, 0.717) is 6.61 Å². The molecule has 2 N–H and O–H groups in total. The zero-order valence-electron chi connectivity index (χ0n) is 12.0. The molecule has 0 radical (unpaired) electrons. The van der Waals surface area contributed by atoms with Crippen molar-refractivity contribution in [3.63, 3.8) is 0 Å². The summed E-state index contributed by atoms with van der Waals surface area (Å²) in [6, 6.07) is 8.17. The van der Waals surface area contributed by atoms with E-state index in [1.165, 1.54) is 5.56 Å². The van der Waals surface area contributed by atoms with Crippen molar-refractivity contribution in [2.45, 2.75) is 32.4 Å². The molecular formula is C16H21NO2S. The molecular weight excluding hydrogens is 270 g/mol. The smallest absolute Gasteiger partial charge is 0.164 e. The third-order valence-corrected chi connectivity index (χ3v) is 3.98. The van der Waals surface area contributed by atoms with Crippen LogP contribution in [0.4, 0.5) is 0 Å². The van der Waals surface area contributed by atoms with Crippen LogP contribution in [0.15, 0.2) is 35.0 Å². The molecule has 0 aliphatic carbocycles. The number of ether oxygens (including phenoxy) is 2. The number of nitrogens with two attached hydrogens (primary N) is 1. The van der Waals surface area contributed by atoms with Gasteiger partial charge in [-0.2, -0.15) is 11.3 Å². The van der Waals surface area contributed by atoms with Crippen LogP contribution >= 0.6 is 11.3 Å². The van der Waals surface area contributed by atoms with E-state index in [0.717, 1.165) is 29.9 Å². The molecule has 1 atom stereocenters. The van der Waals surface area contributed by atoms with Crippen molar-refractivity contribution in [3.8, 4) is 11.5 Å². The van der Waals surface area contributed by atoms with Gasteiger partial charge in [-0.15, -0.1) is 0 Å². The molecule has 20 heavy (non-hydrogen) atoms. The lowest BCUT2D eigenvalue weighted by atomic mass is 10.0. The maximum absolute atomic E-state index is 6.06. The number of hydrogen-bond donors (Lipinski definition) is 1. The molecule has 0 aliphatic heterocycles. The Morgan fingerprint density at radius 2 is 2.15 bits per heavy atom. The van der Waals surface area contributed by atoms with Gasteiger partial charge < -0.3 is 15.2 Å². The van der Waals surface area contributed by atoms with Crippen LogP contribution in [0.2, 0.25) is 0 Å². The number of hydrogen-bond acceptors (Lipinski definition) is 4. The summed E-state index contributed by atoms with van der Waals surface area (Å²) in [6.45, 7) is 2.65. The van der Waals surface area contributed by atoms with Gasteiger partial charge in [-0.25, -0.2) is 0 Å². The predicted octanol–water partition coefficient (Wildman–Crippen LogP) is 3.62. The van der Waals surface area contributed by atoms with Crippen LogP contribution < -0.4 is 15.2 Å². The Hall–Kier alpha value is -1.52. The topological polar surface area (TPSA) is 44.5 Å². The van der Waals surface area contributed by atoms with Crippen molar-refractivity contribution in [1.82, 2.24) is 0 Å². The van der Waals surface area contributed by atoms with Crippen molar-refractivity contribution in [1.29, 1.82) is 0 Å². The van der Waals surface area contributed by atoms with E-state index in [1.54, 1.807) is 18.4 Å². The molecule has 3 nitrogen and oxygen atoms in total. The van der Waals surface area contributed by atoms with Gasteiger partial charge in [0.25, 0.3) is 0 Å². The predicted molar refractivity (Wildman–Crippen MR) is 83.6 cm³/mol. The number of thiophene rings is 1. The largest absolute Gasteiger partial charge is 0.493 e. The maximum atomic E-state index is 6.06. The van der Waals surface area contributed by atoms with Crippen molar-refractivity contribution in [2.75, 3.05) is 7.11 Å². The quantitative estimate of drug-likeness (QED) is 0.847. The highest BCUT2D eigenvalue weighted by Crippen LogP contribution is 2.32. The fourth-order valence-electron chi connectivity index (χ4n) is 2.00. The molecule has 0 fully saturated rings. The van der Waals surface area contributed by atoms with E-state index < -0.39 is 0 Å². The van der Waals surface area contributed by atoms with Gasteiger partial charge in [-0.3, -0.25) is 0 Å². The van der Waals surface area contributed by atoms with E-state index >= 15 is 0 Å². The first-order valence-corrected chi connectivity index (χ1v) is 7.74. The average Bonchev–Trinajstić information content (AvgIpc) is 2.98. The summed E-state index contributed by atoms with van der Waals surface area (Å²) in [6.07, 6.45) is 1.74. The molecule has 0 aliphatic rings. The van der Waals surface area contributed by atoms with Crippen molar-refractivity contribution in [2.24, 2.45) is 5.73 Å². The van der Waals surface area contributed by atoms with E-state index in [9.17, 15) is 0 Å². The minimum Gasteiger partial charge on any atom is -0.493 e. The van der Waals surface area contributed by atoms with E-state index in [1.807, 2.05) is 12.1 Å². The molecule has 1 heterocycles. The summed E-state index contributed by atoms with van der Waals surface area (Å²) in [7, 11) is 1.66. The Kier molecular flexibility index (Phi) is 5.44. The molecule has 1 aromatic carbocycles. The molecule has 4 heteroatoms. The van der Waals surface area contributed by atoms with Crippen LogP contribution in [0.1, 0.15) is 24.5 Å². The molecule has 108 valence electrons. The molecule has 1 unspecified atom stereocenters. The van der Waals surface area contributed by atoms with Crippen molar-refractivity contribution in [3.05, 3.63) is 46.2 Å². The Balaban J connectivity index is 2.18. The summed E-state index contributed by atoms with van der Waals surface area (Å²) in [4.78, 5) is 0. The number of benzene rings is 1. The fraction of sp³-hybridized carbons (Fsp3) is 0.375. The average molecular weight is 291 g/mol. The normalized spacial score (nSPS) is 12.2. The summed E-state index contributed by atoms with van der Waals surface area (Å²) in [5.74, 6) is 1.58. The molecule has 0 spiro atoms. The van der Waals surface area contributed by atoms with Crippen molar-refractivity contribution >= 4 is 11.3 Å². The van der Waals surface area contributed by atoms with Crippen LogP contribution in [0.3, 0.4) is 0 Å². The standard InChI is InChI=1S/C16H21NO2S/c1-3-14(17)9-13-5-4-6-15(18-2)16(13)19-10-12-7-8-20-11-12/h4-8,11,14H,3,9-10,17H2,1-2H3. The van der Waals surface area contributed by atoms with Gasteiger partial charge >= 0.3 is 0 Å². The third-order valence-electron chi connectivity index (χ3n) is 3.25. The SMILES string of the molecule is CCC(N)Cc1cccc(OC)c1OCc1ccsc1.